The largest absolute Gasteiger partial charge is 0.481 e. The van der Waals surface area contributed by atoms with Gasteiger partial charge in [-0.2, -0.15) is 5.10 Å². The smallest absolute Gasteiger partial charge is 0.309 e. The first-order valence-corrected chi connectivity index (χ1v) is 7.98. The van der Waals surface area contributed by atoms with Crippen molar-refractivity contribution in [1.82, 2.24) is 14.7 Å². The summed E-state index contributed by atoms with van der Waals surface area (Å²) >= 11 is 0. The standard InChI is InChI=1S/C16H27N3O2/c1-4-6-16(15(20)21)7-9-19(10-8-16)12-14-11-13(5-2)17-18(14)3/h11H,4-10,12H2,1-3H3,(H,20,21). The lowest BCUT2D eigenvalue weighted by molar-refractivity contribution is -0.152. The highest BCUT2D eigenvalue weighted by molar-refractivity contribution is 5.74. The van der Waals surface area contributed by atoms with Gasteiger partial charge < -0.3 is 5.11 Å². The van der Waals surface area contributed by atoms with Crippen LogP contribution in [0, 0.1) is 5.41 Å². The first-order chi connectivity index (χ1) is 10.0. The number of aryl methyl sites for hydroxylation is 2. The van der Waals surface area contributed by atoms with E-state index in [9.17, 15) is 9.90 Å². The molecule has 0 radical (unpaired) electrons. The summed E-state index contributed by atoms with van der Waals surface area (Å²) in [6.07, 6.45) is 4.20. The normalized spacial score (nSPS) is 18.8. The Bertz CT molecular complexity index is 488. The second-order valence-electron chi connectivity index (χ2n) is 6.22. The first-order valence-electron chi connectivity index (χ1n) is 7.98. The molecule has 0 amide bonds. The van der Waals surface area contributed by atoms with Gasteiger partial charge in [0.2, 0.25) is 0 Å². The first kappa shape index (κ1) is 16.0. The highest BCUT2D eigenvalue weighted by atomic mass is 16.4. The molecule has 0 bridgehead atoms. The van der Waals surface area contributed by atoms with Crippen LogP contribution in [-0.2, 0) is 24.8 Å². The van der Waals surface area contributed by atoms with Gasteiger partial charge in [-0.1, -0.05) is 20.3 Å². The van der Waals surface area contributed by atoms with E-state index in [1.807, 2.05) is 11.7 Å². The molecule has 2 rings (SSSR count). The molecule has 1 N–H and O–H groups in total. The number of carbonyl (C=O) groups is 1. The molecule has 5 nitrogen and oxygen atoms in total. The Morgan fingerprint density at radius 3 is 2.52 bits per heavy atom. The van der Waals surface area contributed by atoms with Crippen molar-refractivity contribution in [3.8, 4) is 0 Å². The molecule has 1 aromatic rings. The number of aliphatic carboxylic acids is 1. The van der Waals surface area contributed by atoms with Gasteiger partial charge in [-0.05, 0) is 44.8 Å². The van der Waals surface area contributed by atoms with Crippen LogP contribution >= 0.6 is 0 Å². The highest BCUT2D eigenvalue weighted by Gasteiger charge is 2.40. The average molecular weight is 293 g/mol. The van der Waals surface area contributed by atoms with E-state index in [1.54, 1.807) is 0 Å². The van der Waals surface area contributed by atoms with E-state index in [2.05, 4.69) is 29.9 Å². The fourth-order valence-electron chi connectivity index (χ4n) is 3.31. The quantitative estimate of drug-likeness (QED) is 0.875. The molecule has 1 saturated heterocycles. The third-order valence-electron chi connectivity index (χ3n) is 4.77. The molecule has 1 aliphatic heterocycles. The van der Waals surface area contributed by atoms with E-state index < -0.39 is 11.4 Å². The molecule has 0 atom stereocenters. The minimum Gasteiger partial charge on any atom is -0.481 e. The molecule has 1 aliphatic rings. The monoisotopic (exact) mass is 293 g/mol. The van der Waals surface area contributed by atoms with Crippen molar-refractivity contribution in [2.75, 3.05) is 13.1 Å². The third kappa shape index (κ3) is 3.46. The van der Waals surface area contributed by atoms with Crippen molar-refractivity contribution in [2.24, 2.45) is 12.5 Å². The number of rotatable bonds is 6. The van der Waals surface area contributed by atoms with Crippen molar-refractivity contribution in [2.45, 2.75) is 52.5 Å². The summed E-state index contributed by atoms with van der Waals surface area (Å²) in [6.45, 7) is 6.77. The molecule has 1 fully saturated rings. The summed E-state index contributed by atoms with van der Waals surface area (Å²) in [4.78, 5) is 13.9. The molecule has 0 unspecified atom stereocenters. The van der Waals surface area contributed by atoms with Gasteiger partial charge in [-0.3, -0.25) is 14.4 Å². The molecule has 0 spiro atoms. The van der Waals surface area contributed by atoms with Crippen LogP contribution < -0.4 is 0 Å². The topological polar surface area (TPSA) is 58.4 Å². The number of hydrogen-bond donors (Lipinski definition) is 1. The molecule has 21 heavy (non-hydrogen) atoms. The van der Waals surface area contributed by atoms with Crippen molar-refractivity contribution >= 4 is 5.97 Å². The summed E-state index contributed by atoms with van der Waals surface area (Å²) in [6, 6.07) is 2.16. The summed E-state index contributed by atoms with van der Waals surface area (Å²) in [5.74, 6) is -0.613. The lowest BCUT2D eigenvalue weighted by Gasteiger charge is -2.38. The van der Waals surface area contributed by atoms with Crippen molar-refractivity contribution in [3.63, 3.8) is 0 Å². The second-order valence-corrected chi connectivity index (χ2v) is 6.22. The van der Waals surface area contributed by atoms with E-state index in [-0.39, 0.29) is 0 Å². The van der Waals surface area contributed by atoms with E-state index >= 15 is 0 Å². The zero-order valence-corrected chi connectivity index (χ0v) is 13.4. The van der Waals surface area contributed by atoms with Crippen LogP contribution in [0.1, 0.15) is 50.9 Å². The summed E-state index contributed by atoms with van der Waals surface area (Å²) in [7, 11) is 1.98. The average Bonchev–Trinajstić information content (AvgIpc) is 2.82. The Hall–Kier alpha value is -1.36. The van der Waals surface area contributed by atoms with Crippen LogP contribution in [0.4, 0.5) is 0 Å². The van der Waals surface area contributed by atoms with Crippen LogP contribution in [0.3, 0.4) is 0 Å². The number of carboxylic acid groups (broad SMARTS) is 1. The van der Waals surface area contributed by atoms with Gasteiger partial charge in [-0.15, -0.1) is 0 Å². The van der Waals surface area contributed by atoms with E-state index in [0.717, 1.165) is 57.4 Å². The maximum Gasteiger partial charge on any atom is 0.309 e. The van der Waals surface area contributed by atoms with Crippen LogP contribution in [-0.4, -0.2) is 38.8 Å². The van der Waals surface area contributed by atoms with Gasteiger partial charge in [0.1, 0.15) is 0 Å². The van der Waals surface area contributed by atoms with Gasteiger partial charge in [0.15, 0.2) is 0 Å². The zero-order chi connectivity index (χ0) is 15.5. The SMILES string of the molecule is CCCC1(C(=O)O)CCN(Cc2cc(CC)nn2C)CC1. The summed E-state index contributed by atoms with van der Waals surface area (Å²) in [5.41, 5.74) is 1.84. The maximum atomic E-state index is 11.6. The van der Waals surface area contributed by atoms with Gasteiger partial charge in [-0.25, -0.2) is 0 Å². The molecule has 0 saturated carbocycles. The van der Waals surface area contributed by atoms with Crippen molar-refractivity contribution < 1.29 is 9.90 Å². The van der Waals surface area contributed by atoms with E-state index in [0.29, 0.717) is 0 Å². The Kier molecular flexibility index (Phi) is 5.04. The number of aromatic nitrogens is 2. The molecule has 118 valence electrons. The van der Waals surface area contributed by atoms with Gasteiger partial charge >= 0.3 is 5.97 Å². The third-order valence-corrected chi connectivity index (χ3v) is 4.77. The predicted octanol–water partition coefficient (Wildman–Crippen LogP) is 2.45. The highest BCUT2D eigenvalue weighted by Crippen LogP contribution is 2.36. The number of piperidine rings is 1. The number of carboxylic acids is 1. The minimum atomic E-state index is -0.613. The maximum absolute atomic E-state index is 11.6. The summed E-state index contributed by atoms with van der Waals surface area (Å²) in [5, 5.41) is 14.0. The van der Waals surface area contributed by atoms with Crippen LogP contribution in [0.5, 0.6) is 0 Å². The van der Waals surface area contributed by atoms with E-state index in [4.69, 9.17) is 0 Å². The molecular formula is C16H27N3O2. The molecule has 0 aromatic carbocycles. The van der Waals surface area contributed by atoms with Crippen LogP contribution in [0.15, 0.2) is 6.07 Å². The molecule has 1 aromatic heterocycles. The number of hydrogen-bond acceptors (Lipinski definition) is 3. The number of nitrogens with zero attached hydrogens (tertiary/aromatic N) is 3. The van der Waals surface area contributed by atoms with Gasteiger partial charge in [0, 0.05) is 13.6 Å². The Labute approximate surface area is 126 Å². The predicted molar refractivity (Wildman–Crippen MR) is 82.1 cm³/mol. The Balaban J connectivity index is 1.97. The zero-order valence-electron chi connectivity index (χ0n) is 13.4. The Morgan fingerprint density at radius 2 is 2.05 bits per heavy atom. The molecule has 5 heteroatoms. The summed E-state index contributed by atoms with van der Waals surface area (Å²) < 4.78 is 1.95. The number of likely N-dealkylation sites (tertiary alicyclic amines) is 1. The molecule has 0 aliphatic carbocycles. The molecule has 2 heterocycles. The van der Waals surface area contributed by atoms with Crippen molar-refractivity contribution in [3.05, 3.63) is 17.5 Å². The Morgan fingerprint density at radius 1 is 1.38 bits per heavy atom. The molecular weight excluding hydrogens is 266 g/mol. The minimum absolute atomic E-state index is 0.494. The van der Waals surface area contributed by atoms with Crippen LogP contribution in [0.25, 0.3) is 0 Å². The van der Waals surface area contributed by atoms with E-state index in [1.165, 1.54) is 5.69 Å². The van der Waals surface area contributed by atoms with Gasteiger partial charge in [0.05, 0.1) is 16.8 Å². The lowest BCUT2D eigenvalue weighted by atomic mass is 9.75. The fraction of sp³-hybridized carbons (Fsp3) is 0.750. The lowest BCUT2D eigenvalue weighted by Crippen LogP contribution is -2.44. The van der Waals surface area contributed by atoms with Crippen LogP contribution in [0.2, 0.25) is 0 Å². The second kappa shape index (κ2) is 6.60. The van der Waals surface area contributed by atoms with Crippen molar-refractivity contribution in [1.29, 1.82) is 0 Å². The van der Waals surface area contributed by atoms with Gasteiger partial charge in [0.25, 0.3) is 0 Å². The fourth-order valence-corrected chi connectivity index (χ4v) is 3.31.